The average Bonchev–Trinajstić information content (AvgIpc) is 3.02. The molecule has 26 heavy (non-hydrogen) atoms. The van der Waals surface area contributed by atoms with Crippen molar-refractivity contribution in [1.29, 1.82) is 0 Å². The molecule has 4 nitrogen and oxygen atoms in total. The lowest BCUT2D eigenvalue weighted by Gasteiger charge is -2.40. The van der Waals surface area contributed by atoms with Crippen molar-refractivity contribution in [3.8, 4) is 5.75 Å². The fraction of sp³-hybridized carbons (Fsp3) is 0.286. The molecular formula is C21H21ClN2O2. The van der Waals surface area contributed by atoms with E-state index in [9.17, 15) is 4.79 Å². The van der Waals surface area contributed by atoms with Crippen LogP contribution in [0.15, 0.2) is 48.5 Å². The Balaban J connectivity index is 1.50. The Bertz CT molecular complexity index is 942. The molecule has 134 valence electrons. The van der Waals surface area contributed by atoms with Crippen molar-refractivity contribution in [2.24, 2.45) is 0 Å². The second-order valence-corrected chi connectivity index (χ2v) is 7.31. The fourth-order valence-corrected chi connectivity index (χ4v) is 3.81. The third-order valence-corrected chi connectivity index (χ3v) is 5.61. The van der Waals surface area contributed by atoms with Crippen molar-refractivity contribution in [3.63, 3.8) is 0 Å². The van der Waals surface area contributed by atoms with Gasteiger partial charge in [-0.2, -0.15) is 0 Å². The average molecular weight is 369 g/mol. The standard InChI is InChI=1S/C21H21ClN2O2/c1-26-18-7-8-19-14(12-18)11-17(24-19)13-23-20(25)21(9-2-10-21)15-3-5-16(22)6-4-15/h3-8,11-12,24H,2,9-10,13H2,1H3,(H,23,25). The van der Waals surface area contributed by atoms with Crippen LogP contribution in [0.4, 0.5) is 0 Å². The maximum Gasteiger partial charge on any atom is 0.230 e. The number of carbonyl (C=O) groups excluding carboxylic acids is 1. The van der Waals surface area contributed by atoms with E-state index >= 15 is 0 Å². The number of fused-ring (bicyclic) bond motifs is 1. The van der Waals surface area contributed by atoms with E-state index in [2.05, 4.69) is 10.3 Å². The molecule has 0 saturated heterocycles. The number of ether oxygens (including phenoxy) is 1. The van der Waals surface area contributed by atoms with E-state index in [1.807, 2.05) is 48.5 Å². The van der Waals surface area contributed by atoms with E-state index < -0.39 is 5.41 Å². The van der Waals surface area contributed by atoms with Gasteiger partial charge >= 0.3 is 0 Å². The Hall–Kier alpha value is -2.46. The van der Waals surface area contributed by atoms with Gasteiger partial charge in [-0.1, -0.05) is 30.2 Å². The summed E-state index contributed by atoms with van der Waals surface area (Å²) in [6.45, 7) is 0.477. The number of benzene rings is 2. The van der Waals surface area contributed by atoms with E-state index in [0.29, 0.717) is 11.6 Å². The molecule has 1 aromatic heterocycles. The summed E-state index contributed by atoms with van der Waals surface area (Å²) < 4.78 is 5.26. The molecule has 0 unspecified atom stereocenters. The molecule has 2 aromatic carbocycles. The number of hydrogen-bond acceptors (Lipinski definition) is 2. The zero-order valence-electron chi connectivity index (χ0n) is 14.6. The maximum absolute atomic E-state index is 12.9. The Morgan fingerprint density at radius 1 is 1.19 bits per heavy atom. The number of halogens is 1. The van der Waals surface area contributed by atoms with Crippen LogP contribution >= 0.6 is 11.6 Å². The van der Waals surface area contributed by atoms with Crippen LogP contribution in [0.2, 0.25) is 5.02 Å². The summed E-state index contributed by atoms with van der Waals surface area (Å²) in [5.74, 6) is 0.908. The van der Waals surface area contributed by atoms with Crippen molar-refractivity contribution in [3.05, 3.63) is 64.8 Å². The number of aromatic amines is 1. The molecule has 1 saturated carbocycles. The highest BCUT2D eigenvalue weighted by Crippen LogP contribution is 2.44. The molecule has 3 aromatic rings. The van der Waals surface area contributed by atoms with E-state index in [1.165, 1.54) is 0 Å². The first-order chi connectivity index (χ1) is 12.6. The lowest BCUT2D eigenvalue weighted by Crippen LogP contribution is -2.49. The highest BCUT2D eigenvalue weighted by molar-refractivity contribution is 6.30. The second kappa shape index (κ2) is 6.69. The lowest BCUT2D eigenvalue weighted by molar-refractivity contribution is -0.130. The highest BCUT2D eigenvalue weighted by atomic mass is 35.5. The van der Waals surface area contributed by atoms with Gasteiger partial charge < -0.3 is 15.0 Å². The second-order valence-electron chi connectivity index (χ2n) is 6.87. The van der Waals surface area contributed by atoms with Crippen molar-refractivity contribution in [1.82, 2.24) is 10.3 Å². The third-order valence-electron chi connectivity index (χ3n) is 5.36. The first-order valence-electron chi connectivity index (χ1n) is 8.81. The summed E-state index contributed by atoms with van der Waals surface area (Å²) in [5, 5.41) is 4.88. The Morgan fingerprint density at radius 3 is 2.62 bits per heavy atom. The molecule has 0 radical (unpaired) electrons. The minimum absolute atomic E-state index is 0.0855. The van der Waals surface area contributed by atoms with Crippen LogP contribution in [-0.2, 0) is 16.8 Å². The lowest BCUT2D eigenvalue weighted by atomic mass is 9.64. The number of amides is 1. The van der Waals surface area contributed by atoms with Crippen LogP contribution in [0.5, 0.6) is 5.75 Å². The van der Waals surface area contributed by atoms with Crippen LogP contribution in [0, 0.1) is 0 Å². The van der Waals surface area contributed by atoms with Gasteiger partial charge in [-0.15, -0.1) is 0 Å². The van der Waals surface area contributed by atoms with E-state index in [4.69, 9.17) is 16.3 Å². The predicted octanol–water partition coefficient (Wildman–Crippen LogP) is 4.57. The quantitative estimate of drug-likeness (QED) is 0.693. The summed E-state index contributed by atoms with van der Waals surface area (Å²) in [6, 6.07) is 15.6. The molecule has 5 heteroatoms. The normalized spacial score (nSPS) is 15.5. The van der Waals surface area contributed by atoms with Crippen LogP contribution in [0.25, 0.3) is 10.9 Å². The maximum atomic E-state index is 12.9. The van der Waals surface area contributed by atoms with Crippen LogP contribution < -0.4 is 10.1 Å². The molecule has 2 N–H and O–H groups in total. The number of hydrogen-bond donors (Lipinski definition) is 2. The first-order valence-corrected chi connectivity index (χ1v) is 9.18. The molecule has 1 aliphatic rings. The van der Waals surface area contributed by atoms with E-state index in [0.717, 1.165) is 47.2 Å². The Morgan fingerprint density at radius 2 is 1.96 bits per heavy atom. The van der Waals surface area contributed by atoms with Crippen molar-refractivity contribution < 1.29 is 9.53 Å². The van der Waals surface area contributed by atoms with Gasteiger partial charge in [0.2, 0.25) is 5.91 Å². The number of nitrogens with one attached hydrogen (secondary N) is 2. The summed E-state index contributed by atoms with van der Waals surface area (Å²) in [6.07, 6.45) is 2.83. The summed E-state index contributed by atoms with van der Waals surface area (Å²) in [4.78, 5) is 16.3. The SMILES string of the molecule is COc1ccc2[nH]c(CNC(=O)C3(c4ccc(Cl)cc4)CCC3)cc2c1. The van der Waals surface area contributed by atoms with Gasteiger partial charge in [0, 0.05) is 21.6 Å². The predicted molar refractivity (Wildman–Crippen MR) is 104 cm³/mol. The van der Waals surface area contributed by atoms with Crippen molar-refractivity contribution in [2.45, 2.75) is 31.2 Å². The van der Waals surface area contributed by atoms with Gasteiger partial charge in [-0.3, -0.25) is 4.79 Å². The third kappa shape index (κ3) is 2.95. The molecule has 1 aliphatic carbocycles. The minimum atomic E-state index is -0.417. The molecule has 1 fully saturated rings. The largest absolute Gasteiger partial charge is 0.497 e. The smallest absolute Gasteiger partial charge is 0.230 e. The highest BCUT2D eigenvalue weighted by Gasteiger charge is 2.45. The zero-order chi connectivity index (χ0) is 18.1. The zero-order valence-corrected chi connectivity index (χ0v) is 15.4. The first kappa shape index (κ1) is 17.0. The number of H-pyrrole nitrogens is 1. The Labute approximate surface area is 157 Å². The number of rotatable bonds is 5. The molecule has 1 heterocycles. The summed E-state index contributed by atoms with van der Waals surface area (Å²) in [5.41, 5.74) is 2.64. The van der Waals surface area contributed by atoms with Crippen LogP contribution in [-0.4, -0.2) is 18.0 Å². The van der Waals surface area contributed by atoms with E-state index in [1.54, 1.807) is 7.11 Å². The number of carbonyl (C=O) groups is 1. The van der Waals surface area contributed by atoms with Crippen LogP contribution in [0.1, 0.15) is 30.5 Å². The molecule has 0 spiro atoms. The topological polar surface area (TPSA) is 54.1 Å². The van der Waals surface area contributed by atoms with Crippen LogP contribution in [0.3, 0.4) is 0 Å². The van der Waals surface area contributed by atoms with Gasteiger partial charge in [0.15, 0.2) is 0 Å². The number of aromatic nitrogens is 1. The molecule has 0 atom stereocenters. The van der Waals surface area contributed by atoms with Gasteiger partial charge in [-0.05, 0) is 54.8 Å². The molecular weight excluding hydrogens is 348 g/mol. The van der Waals surface area contributed by atoms with Gasteiger partial charge in [-0.25, -0.2) is 0 Å². The number of methoxy groups -OCH3 is 1. The summed E-state index contributed by atoms with van der Waals surface area (Å²) >= 11 is 5.99. The molecule has 0 bridgehead atoms. The Kier molecular flexibility index (Phi) is 4.37. The molecule has 1 amide bonds. The van der Waals surface area contributed by atoms with Crippen molar-refractivity contribution >= 4 is 28.4 Å². The van der Waals surface area contributed by atoms with Crippen molar-refractivity contribution in [2.75, 3.05) is 7.11 Å². The molecule has 0 aliphatic heterocycles. The fourth-order valence-electron chi connectivity index (χ4n) is 3.68. The monoisotopic (exact) mass is 368 g/mol. The van der Waals surface area contributed by atoms with E-state index in [-0.39, 0.29) is 5.91 Å². The van der Waals surface area contributed by atoms with Gasteiger partial charge in [0.25, 0.3) is 0 Å². The summed E-state index contributed by atoms with van der Waals surface area (Å²) in [7, 11) is 1.66. The molecule has 4 rings (SSSR count). The van der Waals surface area contributed by atoms with Gasteiger partial charge in [0.1, 0.15) is 5.75 Å². The minimum Gasteiger partial charge on any atom is -0.497 e. The van der Waals surface area contributed by atoms with Gasteiger partial charge in [0.05, 0.1) is 19.1 Å².